The lowest BCUT2D eigenvalue weighted by molar-refractivity contribution is 0.0536. The molecule has 0 fully saturated rings. The van der Waals surface area contributed by atoms with Crippen LogP contribution in [0.2, 0.25) is 5.02 Å². The van der Waals surface area contributed by atoms with E-state index in [1.165, 1.54) is 0 Å². The standard InChI is InChI=1S/C15H23ClO3/c1-12(2)9-19-8-7-15(10-17,11-18)13-5-3-4-6-14(13)16/h3-6,12,17-18H,7-11H2,1-2H3. The van der Waals surface area contributed by atoms with E-state index >= 15 is 0 Å². The molecule has 3 nitrogen and oxygen atoms in total. The van der Waals surface area contributed by atoms with E-state index in [2.05, 4.69) is 13.8 Å². The van der Waals surface area contributed by atoms with Crippen molar-refractivity contribution >= 4 is 11.6 Å². The second-order valence-corrected chi connectivity index (χ2v) is 5.70. The van der Waals surface area contributed by atoms with E-state index in [0.29, 0.717) is 30.6 Å². The maximum atomic E-state index is 9.69. The molecule has 19 heavy (non-hydrogen) atoms. The van der Waals surface area contributed by atoms with Gasteiger partial charge in [-0.05, 0) is 24.0 Å². The molecular formula is C15H23ClO3. The quantitative estimate of drug-likeness (QED) is 0.722. The van der Waals surface area contributed by atoms with Crippen molar-refractivity contribution < 1.29 is 14.9 Å². The summed E-state index contributed by atoms with van der Waals surface area (Å²) in [4.78, 5) is 0. The average Bonchev–Trinajstić information content (AvgIpc) is 2.40. The van der Waals surface area contributed by atoms with E-state index < -0.39 is 5.41 Å². The molecule has 0 spiro atoms. The van der Waals surface area contributed by atoms with Crippen molar-refractivity contribution in [2.75, 3.05) is 26.4 Å². The maximum absolute atomic E-state index is 9.69. The number of hydrogen-bond acceptors (Lipinski definition) is 3. The van der Waals surface area contributed by atoms with Crippen LogP contribution in [0.15, 0.2) is 24.3 Å². The number of aliphatic hydroxyl groups excluding tert-OH is 2. The fourth-order valence-corrected chi connectivity index (χ4v) is 2.33. The first-order valence-electron chi connectivity index (χ1n) is 6.60. The summed E-state index contributed by atoms with van der Waals surface area (Å²) in [6.07, 6.45) is 0.538. The van der Waals surface area contributed by atoms with Gasteiger partial charge in [-0.25, -0.2) is 0 Å². The third-order valence-corrected chi connectivity index (χ3v) is 3.56. The normalized spacial score (nSPS) is 12.1. The summed E-state index contributed by atoms with van der Waals surface area (Å²) < 4.78 is 5.55. The van der Waals surface area contributed by atoms with Gasteiger partial charge in [0, 0.05) is 23.7 Å². The Hall–Kier alpha value is -0.610. The molecule has 0 atom stereocenters. The molecule has 1 rings (SSSR count). The third kappa shape index (κ3) is 4.46. The van der Waals surface area contributed by atoms with Crippen LogP contribution in [-0.4, -0.2) is 36.6 Å². The molecule has 0 aliphatic carbocycles. The highest BCUT2D eigenvalue weighted by atomic mass is 35.5. The van der Waals surface area contributed by atoms with Crippen LogP contribution in [0.1, 0.15) is 25.8 Å². The highest BCUT2D eigenvalue weighted by molar-refractivity contribution is 6.31. The SMILES string of the molecule is CC(C)COCCC(CO)(CO)c1ccccc1Cl. The van der Waals surface area contributed by atoms with E-state index in [4.69, 9.17) is 16.3 Å². The molecule has 0 unspecified atom stereocenters. The van der Waals surface area contributed by atoms with Crippen LogP contribution in [0.3, 0.4) is 0 Å². The minimum atomic E-state index is -0.741. The first kappa shape index (κ1) is 16.4. The zero-order chi connectivity index (χ0) is 14.3. The molecule has 108 valence electrons. The van der Waals surface area contributed by atoms with Gasteiger partial charge < -0.3 is 14.9 Å². The van der Waals surface area contributed by atoms with E-state index in [0.717, 1.165) is 5.56 Å². The monoisotopic (exact) mass is 286 g/mol. The largest absolute Gasteiger partial charge is 0.395 e. The van der Waals surface area contributed by atoms with Crippen molar-refractivity contribution in [2.45, 2.75) is 25.7 Å². The lowest BCUT2D eigenvalue weighted by Crippen LogP contribution is -2.36. The van der Waals surface area contributed by atoms with Crippen molar-refractivity contribution in [3.63, 3.8) is 0 Å². The Labute approximate surface area is 120 Å². The van der Waals surface area contributed by atoms with Crippen molar-refractivity contribution in [3.8, 4) is 0 Å². The van der Waals surface area contributed by atoms with Crippen molar-refractivity contribution in [1.82, 2.24) is 0 Å². The van der Waals surface area contributed by atoms with Gasteiger partial charge in [0.05, 0.1) is 13.2 Å². The predicted octanol–water partition coefficient (Wildman–Crippen LogP) is 2.63. The molecular weight excluding hydrogens is 264 g/mol. The van der Waals surface area contributed by atoms with Crippen LogP contribution in [-0.2, 0) is 10.2 Å². The summed E-state index contributed by atoms with van der Waals surface area (Å²) >= 11 is 6.17. The molecule has 0 radical (unpaired) electrons. The Kier molecular flexibility index (Phi) is 6.80. The molecule has 0 saturated carbocycles. The molecule has 1 aromatic carbocycles. The summed E-state index contributed by atoms with van der Waals surface area (Å²) in [5.41, 5.74) is 0.0322. The molecule has 0 saturated heterocycles. The lowest BCUT2D eigenvalue weighted by atomic mass is 9.79. The minimum Gasteiger partial charge on any atom is -0.395 e. The van der Waals surface area contributed by atoms with Crippen LogP contribution in [0.4, 0.5) is 0 Å². The number of rotatable bonds is 8. The summed E-state index contributed by atoms with van der Waals surface area (Å²) in [5.74, 6) is 0.470. The molecule has 1 aromatic rings. The topological polar surface area (TPSA) is 49.7 Å². The van der Waals surface area contributed by atoms with Crippen LogP contribution < -0.4 is 0 Å². The maximum Gasteiger partial charge on any atom is 0.0551 e. The highest BCUT2D eigenvalue weighted by Crippen LogP contribution is 2.32. The molecule has 0 aliphatic rings. The first-order valence-corrected chi connectivity index (χ1v) is 6.98. The summed E-state index contributed by atoms with van der Waals surface area (Å²) in [7, 11) is 0. The zero-order valence-electron chi connectivity index (χ0n) is 11.6. The number of aliphatic hydroxyl groups is 2. The number of benzene rings is 1. The fourth-order valence-electron chi connectivity index (χ4n) is 1.99. The summed E-state index contributed by atoms with van der Waals surface area (Å²) in [6.45, 7) is 5.02. The minimum absolute atomic E-state index is 0.154. The van der Waals surface area contributed by atoms with Crippen LogP contribution in [0, 0.1) is 5.92 Å². The molecule has 4 heteroatoms. The van der Waals surface area contributed by atoms with Crippen LogP contribution >= 0.6 is 11.6 Å². The molecule has 0 aliphatic heterocycles. The van der Waals surface area contributed by atoms with Gasteiger partial charge in [0.25, 0.3) is 0 Å². The third-order valence-electron chi connectivity index (χ3n) is 3.23. The number of halogens is 1. The Bertz CT molecular complexity index is 375. The number of hydrogen-bond donors (Lipinski definition) is 2. The molecule has 0 bridgehead atoms. The summed E-state index contributed by atoms with van der Waals surface area (Å²) in [6, 6.07) is 7.31. The van der Waals surface area contributed by atoms with Crippen molar-refractivity contribution in [1.29, 1.82) is 0 Å². The molecule has 0 aromatic heterocycles. The zero-order valence-corrected chi connectivity index (χ0v) is 12.4. The molecule has 0 heterocycles. The van der Waals surface area contributed by atoms with Crippen molar-refractivity contribution in [3.05, 3.63) is 34.9 Å². The Morgan fingerprint density at radius 3 is 2.37 bits per heavy atom. The van der Waals surface area contributed by atoms with Crippen LogP contribution in [0.5, 0.6) is 0 Å². The lowest BCUT2D eigenvalue weighted by Gasteiger charge is -2.31. The number of ether oxygens (including phenoxy) is 1. The van der Waals surface area contributed by atoms with E-state index in [1.54, 1.807) is 6.07 Å². The first-order chi connectivity index (χ1) is 9.05. The van der Waals surface area contributed by atoms with E-state index in [9.17, 15) is 10.2 Å². The molecule has 0 amide bonds. The summed E-state index contributed by atoms with van der Waals surface area (Å²) in [5, 5.41) is 19.9. The van der Waals surface area contributed by atoms with Gasteiger partial charge in [0.1, 0.15) is 0 Å². The van der Waals surface area contributed by atoms with E-state index in [1.807, 2.05) is 18.2 Å². The van der Waals surface area contributed by atoms with Gasteiger partial charge in [0.2, 0.25) is 0 Å². The van der Waals surface area contributed by atoms with Gasteiger partial charge >= 0.3 is 0 Å². The Morgan fingerprint density at radius 1 is 1.21 bits per heavy atom. The van der Waals surface area contributed by atoms with Crippen molar-refractivity contribution in [2.24, 2.45) is 5.92 Å². The molecule has 2 N–H and O–H groups in total. The fraction of sp³-hybridized carbons (Fsp3) is 0.600. The predicted molar refractivity (Wildman–Crippen MR) is 77.6 cm³/mol. The van der Waals surface area contributed by atoms with Gasteiger partial charge in [-0.15, -0.1) is 0 Å². The van der Waals surface area contributed by atoms with Gasteiger partial charge in [-0.2, -0.15) is 0 Å². The second-order valence-electron chi connectivity index (χ2n) is 5.30. The highest BCUT2D eigenvalue weighted by Gasteiger charge is 2.32. The Balaban J connectivity index is 2.77. The van der Waals surface area contributed by atoms with E-state index in [-0.39, 0.29) is 13.2 Å². The second kappa shape index (κ2) is 7.85. The van der Waals surface area contributed by atoms with Gasteiger partial charge in [0.15, 0.2) is 0 Å². The van der Waals surface area contributed by atoms with Gasteiger partial charge in [-0.3, -0.25) is 0 Å². The van der Waals surface area contributed by atoms with Gasteiger partial charge in [-0.1, -0.05) is 43.6 Å². The smallest absolute Gasteiger partial charge is 0.0551 e. The average molecular weight is 287 g/mol. The van der Waals surface area contributed by atoms with Crippen LogP contribution in [0.25, 0.3) is 0 Å². The Morgan fingerprint density at radius 2 is 1.84 bits per heavy atom.